The van der Waals surface area contributed by atoms with E-state index in [1.165, 1.54) is 12.1 Å². The fourth-order valence-corrected chi connectivity index (χ4v) is 3.19. The average Bonchev–Trinajstić information content (AvgIpc) is 3.22. The Morgan fingerprint density at radius 2 is 2.14 bits per heavy atom. The van der Waals surface area contributed by atoms with Crippen LogP contribution in [0.5, 0.6) is 0 Å². The topological polar surface area (TPSA) is 89.1 Å². The lowest BCUT2D eigenvalue weighted by Gasteiger charge is -2.21. The molecule has 0 aliphatic carbocycles. The van der Waals surface area contributed by atoms with Gasteiger partial charge in [0, 0.05) is 45.3 Å². The molecule has 0 bridgehead atoms. The van der Waals surface area contributed by atoms with E-state index in [1.54, 1.807) is 7.05 Å². The highest BCUT2D eigenvalue weighted by molar-refractivity contribution is 14.0. The molecule has 0 radical (unpaired) electrons. The molecule has 11 heteroatoms. The molecule has 2 aliphatic rings. The average molecular weight is 508 g/mol. The number of carbonyl (C=O) groups excluding carboxylic acids is 2. The van der Waals surface area contributed by atoms with E-state index in [4.69, 9.17) is 0 Å². The molecule has 1 aromatic rings. The molecule has 3 amide bonds. The van der Waals surface area contributed by atoms with Crippen LogP contribution < -0.4 is 20.9 Å². The molecule has 2 aliphatic heterocycles. The Bertz CT molecular complexity index is 747. The van der Waals surface area contributed by atoms with Crippen molar-refractivity contribution in [1.82, 2.24) is 20.9 Å². The highest BCUT2D eigenvalue weighted by atomic mass is 127. The summed E-state index contributed by atoms with van der Waals surface area (Å²) in [4.78, 5) is 30.2. The van der Waals surface area contributed by atoms with Gasteiger partial charge in [0.15, 0.2) is 5.96 Å². The van der Waals surface area contributed by atoms with Crippen LogP contribution in [-0.4, -0.2) is 68.6 Å². The predicted octanol–water partition coefficient (Wildman–Crippen LogP) is 0.878. The Labute approximate surface area is 178 Å². The number of carbonyl (C=O) groups is 2. The summed E-state index contributed by atoms with van der Waals surface area (Å²) >= 11 is 0. The maximum absolute atomic E-state index is 13.9. The number of nitrogens with zero attached hydrogens (tertiary/aromatic N) is 3. The van der Waals surface area contributed by atoms with Gasteiger partial charge in [0.05, 0.1) is 12.2 Å². The largest absolute Gasteiger partial charge is 0.367 e. The number of guanidine groups is 1. The molecule has 3 rings (SSSR count). The van der Waals surface area contributed by atoms with E-state index in [2.05, 4.69) is 20.9 Å². The molecule has 3 N–H and O–H groups in total. The van der Waals surface area contributed by atoms with Gasteiger partial charge in [0.1, 0.15) is 11.6 Å². The molecule has 1 aromatic carbocycles. The fourth-order valence-electron chi connectivity index (χ4n) is 3.19. The zero-order chi connectivity index (χ0) is 19.4. The minimum atomic E-state index is -0.597. The van der Waals surface area contributed by atoms with Crippen LogP contribution in [0.25, 0.3) is 0 Å². The molecule has 0 spiro atoms. The van der Waals surface area contributed by atoms with Crippen molar-refractivity contribution in [1.29, 1.82) is 0 Å². The summed E-state index contributed by atoms with van der Waals surface area (Å²) in [7, 11) is 1.62. The third-order valence-corrected chi connectivity index (χ3v) is 4.57. The van der Waals surface area contributed by atoms with Gasteiger partial charge in [-0.05, 0) is 18.6 Å². The Morgan fingerprint density at radius 1 is 1.36 bits per heavy atom. The zero-order valence-electron chi connectivity index (χ0n) is 15.4. The standard InChI is InChI=1S/C17H22F2N6O2.HI/c1-20-16(21-5-7-25-15(26)9-22-17(25)27)23-12-4-6-24(10-12)14-3-2-11(18)8-13(14)19;/h2-3,8,12H,4-7,9-10H2,1H3,(H,22,27)(H2,20,21,23);1H. The van der Waals surface area contributed by atoms with Gasteiger partial charge in [0.25, 0.3) is 0 Å². The highest BCUT2D eigenvalue weighted by Crippen LogP contribution is 2.24. The van der Waals surface area contributed by atoms with Gasteiger partial charge in [-0.3, -0.25) is 14.7 Å². The summed E-state index contributed by atoms with van der Waals surface area (Å²) in [6.07, 6.45) is 0.768. The van der Waals surface area contributed by atoms with E-state index in [-0.39, 0.29) is 49.0 Å². The van der Waals surface area contributed by atoms with Crippen LogP contribution in [0.3, 0.4) is 0 Å². The number of imide groups is 1. The number of hydrogen-bond acceptors (Lipinski definition) is 4. The first-order valence-electron chi connectivity index (χ1n) is 8.73. The summed E-state index contributed by atoms with van der Waals surface area (Å²) in [5.74, 6) is -0.891. The first-order valence-corrected chi connectivity index (χ1v) is 8.73. The third kappa shape index (κ3) is 5.20. The van der Waals surface area contributed by atoms with Crippen molar-refractivity contribution >= 4 is 47.6 Å². The van der Waals surface area contributed by atoms with Gasteiger partial charge in [-0.2, -0.15) is 0 Å². The van der Waals surface area contributed by atoms with Crippen molar-refractivity contribution < 1.29 is 18.4 Å². The molecular formula is C17H23F2IN6O2. The number of amides is 3. The Hall–Kier alpha value is -2.18. The minimum Gasteiger partial charge on any atom is -0.367 e. The van der Waals surface area contributed by atoms with E-state index in [0.29, 0.717) is 31.3 Å². The van der Waals surface area contributed by atoms with Gasteiger partial charge < -0.3 is 20.9 Å². The molecular weight excluding hydrogens is 485 g/mol. The molecule has 2 fully saturated rings. The molecule has 28 heavy (non-hydrogen) atoms. The Balaban J connectivity index is 0.00000280. The normalized spacial score (nSPS) is 19.5. The van der Waals surface area contributed by atoms with E-state index < -0.39 is 17.7 Å². The van der Waals surface area contributed by atoms with Crippen molar-refractivity contribution in [2.24, 2.45) is 4.99 Å². The molecule has 154 valence electrons. The number of halogens is 3. The summed E-state index contributed by atoms with van der Waals surface area (Å²) in [5.41, 5.74) is 0.377. The lowest BCUT2D eigenvalue weighted by atomic mass is 10.2. The van der Waals surface area contributed by atoms with Gasteiger partial charge in [0.2, 0.25) is 5.91 Å². The molecule has 8 nitrogen and oxygen atoms in total. The monoisotopic (exact) mass is 508 g/mol. The molecule has 0 saturated carbocycles. The van der Waals surface area contributed by atoms with Crippen LogP contribution in [0.4, 0.5) is 19.3 Å². The molecule has 1 unspecified atom stereocenters. The fraction of sp³-hybridized carbons (Fsp3) is 0.471. The smallest absolute Gasteiger partial charge is 0.324 e. The molecule has 2 heterocycles. The number of nitrogens with one attached hydrogen (secondary N) is 3. The number of benzene rings is 1. The van der Waals surface area contributed by atoms with Crippen LogP contribution in [0.15, 0.2) is 23.2 Å². The van der Waals surface area contributed by atoms with Crippen LogP contribution in [0.1, 0.15) is 6.42 Å². The number of rotatable bonds is 5. The van der Waals surface area contributed by atoms with Crippen molar-refractivity contribution in [2.75, 3.05) is 44.7 Å². The molecule has 1 atom stereocenters. The summed E-state index contributed by atoms with van der Waals surface area (Å²) in [6, 6.07) is 3.22. The number of anilines is 1. The van der Waals surface area contributed by atoms with E-state index >= 15 is 0 Å². The second-order valence-electron chi connectivity index (χ2n) is 6.37. The van der Waals surface area contributed by atoms with Gasteiger partial charge >= 0.3 is 6.03 Å². The maximum Gasteiger partial charge on any atom is 0.324 e. The summed E-state index contributed by atoms with van der Waals surface area (Å²) in [5, 5.41) is 8.76. The van der Waals surface area contributed by atoms with Crippen LogP contribution in [-0.2, 0) is 4.79 Å². The van der Waals surface area contributed by atoms with Crippen molar-refractivity contribution in [3.05, 3.63) is 29.8 Å². The predicted molar refractivity (Wildman–Crippen MR) is 112 cm³/mol. The molecule has 0 aromatic heterocycles. The van der Waals surface area contributed by atoms with Gasteiger partial charge in [-0.1, -0.05) is 0 Å². The van der Waals surface area contributed by atoms with Crippen LogP contribution in [0.2, 0.25) is 0 Å². The van der Waals surface area contributed by atoms with Crippen LogP contribution >= 0.6 is 24.0 Å². The third-order valence-electron chi connectivity index (χ3n) is 4.57. The Morgan fingerprint density at radius 3 is 2.79 bits per heavy atom. The minimum absolute atomic E-state index is 0. The second-order valence-corrected chi connectivity index (χ2v) is 6.37. The van der Waals surface area contributed by atoms with E-state index in [9.17, 15) is 18.4 Å². The van der Waals surface area contributed by atoms with Gasteiger partial charge in [-0.15, -0.1) is 24.0 Å². The first kappa shape index (κ1) is 22.1. The Kier molecular flexibility index (Phi) is 7.78. The first-order chi connectivity index (χ1) is 13.0. The number of aliphatic imine (C=N–C) groups is 1. The SMILES string of the molecule is CN=C(NCCN1C(=O)CNC1=O)NC1CCN(c2ccc(F)cc2F)C1.I. The van der Waals surface area contributed by atoms with Crippen molar-refractivity contribution in [3.63, 3.8) is 0 Å². The van der Waals surface area contributed by atoms with Crippen molar-refractivity contribution in [3.8, 4) is 0 Å². The maximum atomic E-state index is 13.9. The van der Waals surface area contributed by atoms with Gasteiger partial charge in [-0.25, -0.2) is 13.6 Å². The summed E-state index contributed by atoms with van der Waals surface area (Å²) < 4.78 is 27.0. The van der Waals surface area contributed by atoms with E-state index in [0.717, 1.165) is 17.4 Å². The molecule has 2 saturated heterocycles. The number of hydrogen-bond donors (Lipinski definition) is 3. The number of urea groups is 1. The lowest BCUT2D eigenvalue weighted by Crippen LogP contribution is -2.47. The quantitative estimate of drug-likeness (QED) is 0.238. The zero-order valence-corrected chi connectivity index (χ0v) is 17.7. The van der Waals surface area contributed by atoms with Crippen LogP contribution in [0, 0.1) is 11.6 Å². The second kappa shape index (κ2) is 9.85. The lowest BCUT2D eigenvalue weighted by molar-refractivity contribution is -0.124. The highest BCUT2D eigenvalue weighted by Gasteiger charge is 2.28. The summed E-state index contributed by atoms with van der Waals surface area (Å²) in [6.45, 7) is 1.82. The van der Waals surface area contributed by atoms with Crippen molar-refractivity contribution in [2.45, 2.75) is 12.5 Å². The van der Waals surface area contributed by atoms with E-state index in [1.807, 2.05) is 4.90 Å².